The fourth-order valence-electron chi connectivity index (χ4n) is 5.76. The van der Waals surface area contributed by atoms with Crippen LogP contribution in [-0.4, -0.2) is 6.71 Å². The van der Waals surface area contributed by atoms with Crippen LogP contribution in [0.3, 0.4) is 0 Å². The SMILES string of the molecule is c1ccc(N2c3ccccc3B3c4ccccc4Oc4cc5oc6ccccc6c5c2c43)cc1. The second-order valence-electron chi connectivity index (χ2n) is 8.91. The third-order valence-corrected chi connectivity index (χ3v) is 7.11. The summed E-state index contributed by atoms with van der Waals surface area (Å²) in [6, 6.07) is 38.1. The quantitative estimate of drug-likeness (QED) is 0.296. The maximum atomic E-state index is 6.54. The molecule has 4 heteroatoms. The van der Waals surface area contributed by atoms with Crippen LogP contribution in [0, 0.1) is 0 Å². The summed E-state index contributed by atoms with van der Waals surface area (Å²) in [5.74, 6) is 1.77. The molecule has 0 unspecified atom stereocenters. The Bertz CT molecular complexity index is 1760. The van der Waals surface area contributed by atoms with Crippen LogP contribution < -0.4 is 26.0 Å². The number of furan rings is 1. The minimum absolute atomic E-state index is 0.0872. The average Bonchev–Trinajstić information content (AvgIpc) is 3.27. The van der Waals surface area contributed by atoms with Gasteiger partial charge in [-0.3, -0.25) is 0 Å². The summed E-state index contributed by atoms with van der Waals surface area (Å²) in [4.78, 5) is 2.38. The van der Waals surface area contributed by atoms with Gasteiger partial charge in [0.1, 0.15) is 22.7 Å². The largest absolute Gasteiger partial charge is 0.458 e. The number of hydrogen-bond donors (Lipinski definition) is 0. The minimum Gasteiger partial charge on any atom is -0.458 e. The smallest absolute Gasteiger partial charge is 0.256 e. The van der Waals surface area contributed by atoms with Crippen molar-refractivity contribution < 1.29 is 9.15 Å². The third kappa shape index (κ3) is 2.27. The van der Waals surface area contributed by atoms with Gasteiger partial charge in [-0.25, -0.2) is 0 Å². The maximum absolute atomic E-state index is 6.54. The van der Waals surface area contributed by atoms with E-state index in [2.05, 4.69) is 95.9 Å². The topological polar surface area (TPSA) is 25.6 Å². The van der Waals surface area contributed by atoms with Crippen LogP contribution in [0.15, 0.2) is 114 Å². The van der Waals surface area contributed by atoms with Gasteiger partial charge in [-0.15, -0.1) is 0 Å². The highest BCUT2D eigenvalue weighted by Crippen LogP contribution is 2.47. The molecule has 0 aliphatic carbocycles. The van der Waals surface area contributed by atoms with E-state index in [1.807, 2.05) is 18.2 Å². The lowest BCUT2D eigenvalue weighted by molar-refractivity contribution is 0.487. The summed E-state index contributed by atoms with van der Waals surface area (Å²) < 4.78 is 12.9. The van der Waals surface area contributed by atoms with Gasteiger partial charge in [0.05, 0.1) is 11.1 Å². The van der Waals surface area contributed by atoms with Crippen LogP contribution in [0.5, 0.6) is 11.5 Å². The Kier molecular flexibility index (Phi) is 3.48. The zero-order valence-corrected chi connectivity index (χ0v) is 18.2. The number of nitrogens with zero attached hydrogens (tertiary/aromatic N) is 1. The van der Waals surface area contributed by atoms with E-state index in [4.69, 9.17) is 9.15 Å². The van der Waals surface area contributed by atoms with Crippen molar-refractivity contribution in [2.75, 3.05) is 4.90 Å². The molecule has 0 spiro atoms. The summed E-state index contributed by atoms with van der Waals surface area (Å²) in [7, 11) is 0. The highest BCUT2D eigenvalue weighted by Gasteiger charge is 2.43. The van der Waals surface area contributed by atoms with Crippen LogP contribution in [0.4, 0.5) is 17.1 Å². The molecular weight excluding hydrogens is 417 g/mol. The average molecular weight is 435 g/mol. The van der Waals surface area contributed by atoms with Gasteiger partial charge in [-0.2, -0.15) is 0 Å². The molecule has 3 nitrogen and oxygen atoms in total. The number of para-hydroxylation sites is 4. The van der Waals surface area contributed by atoms with Crippen LogP contribution in [-0.2, 0) is 0 Å². The number of benzene rings is 5. The molecule has 8 rings (SSSR count). The molecule has 0 atom stereocenters. The van der Waals surface area contributed by atoms with Crippen molar-refractivity contribution in [3.63, 3.8) is 0 Å². The van der Waals surface area contributed by atoms with E-state index >= 15 is 0 Å². The lowest BCUT2D eigenvalue weighted by atomic mass is 9.34. The van der Waals surface area contributed by atoms with Gasteiger partial charge in [0.2, 0.25) is 0 Å². The fourth-order valence-corrected chi connectivity index (χ4v) is 5.76. The van der Waals surface area contributed by atoms with Crippen molar-refractivity contribution in [1.29, 1.82) is 0 Å². The van der Waals surface area contributed by atoms with Crippen molar-refractivity contribution in [3.05, 3.63) is 109 Å². The molecule has 0 fully saturated rings. The summed E-state index contributed by atoms with van der Waals surface area (Å²) in [5.41, 5.74) is 8.85. The minimum atomic E-state index is 0.0872. The Balaban J connectivity index is 1.59. The van der Waals surface area contributed by atoms with Crippen molar-refractivity contribution in [3.8, 4) is 11.5 Å². The molecule has 0 amide bonds. The van der Waals surface area contributed by atoms with E-state index in [9.17, 15) is 0 Å². The molecule has 0 N–H and O–H groups in total. The molecule has 6 aromatic rings. The van der Waals surface area contributed by atoms with E-state index in [0.717, 1.165) is 44.8 Å². The normalized spacial score (nSPS) is 13.4. The predicted octanol–water partition coefficient (Wildman–Crippen LogP) is 5.99. The Morgan fingerprint density at radius 3 is 2.26 bits per heavy atom. The number of fused-ring (bicyclic) bond motifs is 8. The third-order valence-electron chi connectivity index (χ3n) is 7.11. The summed E-state index contributed by atoms with van der Waals surface area (Å²) in [6.45, 7) is 0.0872. The standard InChI is InChI=1S/C30H18BNO2/c1-2-10-19(11-3-1)32-23-15-7-5-13-21(23)31-22-14-6-9-17-25(22)34-27-18-26-28(30(32)29(27)31)20-12-4-8-16-24(20)33-26/h1-18H. The highest BCUT2D eigenvalue weighted by molar-refractivity contribution is 6.99. The maximum Gasteiger partial charge on any atom is 0.256 e. The van der Waals surface area contributed by atoms with Crippen LogP contribution in [0.25, 0.3) is 21.9 Å². The summed E-state index contributed by atoms with van der Waals surface area (Å²) >= 11 is 0. The van der Waals surface area contributed by atoms with E-state index in [1.165, 1.54) is 22.1 Å². The van der Waals surface area contributed by atoms with Crippen LogP contribution >= 0.6 is 0 Å². The first-order chi connectivity index (χ1) is 16.9. The van der Waals surface area contributed by atoms with Crippen LogP contribution in [0.1, 0.15) is 0 Å². The highest BCUT2D eigenvalue weighted by atomic mass is 16.5. The Hall–Kier alpha value is -4.44. The lowest BCUT2D eigenvalue weighted by Crippen LogP contribution is -2.59. The molecule has 158 valence electrons. The van der Waals surface area contributed by atoms with Gasteiger partial charge in [0.15, 0.2) is 0 Å². The molecular formula is C30H18BNO2. The van der Waals surface area contributed by atoms with E-state index in [-0.39, 0.29) is 6.71 Å². The molecule has 0 bridgehead atoms. The molecule has 0 saturated heterocycles. The zero-order chi connectivity index (χ0) is 22.2. The molecule has 3 heterocycles. The molecule has 1 aromatic heterocycles. The summed E-state index contributed by atoms with van der Waals surface area (Å²) in [6.07, 6.45) is 0. The van der Waals surface area contributed by atoms with Gasteiger partial charge < -0.3 is 14.1 Å². The number of anilines is 3. The van der Waals surface area contributed by atoms with Crippen molar-refractivity contribution >= 4 is 62.1 Å². The van der Waals surface area contributed by atoms with Crippen molar-refractivity contribution in [2.45, 2.75) is 0 Å². The second-order valence-corrected chi connectivity index (χ2v) is 8.91. The molecule has 34 heavy (non-hydrogen) atoms. The van der Waals surface area contributed by atoms with Gasteiger partial charge in [0.25, 0.3) is 6.71 Å². The van der Waals surface area contributed by atoms with Crippen LogP contribution in [0.2, 0.25) is 0 Å². The lowest BCUT2D eigenvalue weighted by Gasteiger charge is -2.40. The predicted molar refractivity (Wildman–Crippen MR) is 140 cm³/mol. The van der Waals surface area contributed by atoms with Gasteiger partial charge in [-0.1, -0.05) is 72.8 Å². The molecule has 0 saturated carbocycles. The number of hydrogen-bond acceptors (Lipinski definition) is 3. The van der Waals surface area contributed by atoms with Gasteiger partial charge in [0, 0.05) is 22.8 Å². The number of ether oxygens (including phenoxy) is 1. The van der Waals surface area contributed by atoms with E-state index < -0.39 is 0 Å². The van der Waals surface area contributed by atoms with Crippen molar-refractivity contribution in [1.82, 2.24) is 0 Å². The zero-order valence-electron chi connectivity index (χ0n) is 18.2. The van der Waals surface area contributed by atoms with Gasteiger partial charge >= 0.3 is 0 Å². The first-order valence-corrected chi connectivity index (χ1v) is 11.6. The van der Waals surface area contributed by atoms with E-state index in [1.54, 1.807) is 0 Å². The summed E-state index contributed by atoms with van der Waals surface area (Å²) in [5, 5.41) is 2.24. The van der Waals surface area contributed by atoms with Crippen molar-refractivity contribution in [2.24, 2.45) is 0 Å². The monoisotopic (exact) mass is 435 g/mol. The second kappa shape index (κ2) is 6.55. The molecule has 2 aliphatic heterocycles. The first-order valence-electron chi connectivity index (χ1n) is 11.6. The first kappa shape index (κ1) is 18.0. The van der Waals surface area contributed by atoms with E-state index in [0.29, 0.717) is 0 Å². The molecule has 2 aliphatic rings. The number of rotatable bonds is 1. The molecule has 0 radical (unpaired) electrons. The Morgan fingerprint density at radius 1 is 0.618 bits per heavy atom. The fraction of sp³-hybridized carbons (Fsp3) is 0. The molecule has 5 aromatic carbocycles. The van der Waals surface area contributed by atoms with Gasteiger partial charge in [-0.05, 0) is 46.7 Å². The Morgan fingerprint density at radius 2 is 1.35 bits per heavy atom. The Labute approximate surface area is 196 Å².